The molecule has 7 heteroatoms. The second-order valence-corrected chi connectivity index (χ2v) is 9.54. The van der Waals surface area contributed by atoms with Gasteiger partial charge < -0.3 is 14.2 Å². The summed E-state index contributed by atoms with van der Waals surface area (Å²) >= 11 is 0. The Bertz CT molecular complexity index is 1710. The van der Waals surface area contributed by atoms with Gasteiger partial charge >= 0.3 is 5.97 Å². The van der Waals surface area contributed by atoms with Crippen LogP contribution in [0.5, 0.6) is 17.2 Å². The molecule has 5 aromatic carbocycles. The number of hydrogen-bond donors (Lipinski definition) is 1. The van der Waals surface area contributed by atoms with Gasteiger partial charge in [0, 0.05) is 11.1 Å². The molecule has 0 aliphatic rings. The molecule has 0 aliphatic heterocycles. The van der Waals surface area contributed by atoms with Gasteiger partial charge in [0.15, 0.2) is 0 Å². The third-order valence-corrected chi connectivity index (χ3v) is 6.54. The number of carbonyl (C=O) groups is 2. The number of esters is 1. The second kappa shape index (κ2) is 13.3. The average molecular weight is 559 g/mol. The van der Waals surface area contributed by atoms with Crippen LogP contribution in [-0.4, -0.2) is 24.7 Å². The molecule has 210 valence electrons. The van der Waals surface area contributed by atoms with Crippen LogP contribution in [-0.2, 0) is 6.61 Å². The van der Waals surface area contributed by atoms with Gasteiger partial charge in [0.05, 0.1) is 18.4 Å². The Balaban J connectivity index is 1.27. The number of amides is 1. The molecule has 0 heterocycles. The van der Waals surface area contributed by atoms with E-state index < -0.39 is 5.97 Å². The zero-order valence-corrected chi connectivity index (χ0v) is 23.4. The first-order valence-electron chi connectivity index (χ1n) is 13.6. The van der Waals surface area contributed by atoms with Gasteiger partial charge in [-0.2, -0.15) is 5.10 Å². The van der Waals surface area contributed by atoms with Gasteiger partial charge in [0.1, 0.15) is 23.9 Å². The highest BCUT2D eigenvalue weighted by molar-refractivity contribution is 6.04. The smallest absolute Gasteiger partial charge is 0.343 e. The molecule has 7 nitrogen and oxygen atoms in total. The lowest BCUT2D eigenvalue weighted by molar-refractivity contribution is 0.0734. The van der Waals surface area contributed by atoms with E-state index in [2.05, 4.69) is 10.5 Å². The molecule has 0 unspecified atom stereocenters. The van der Waals surface area contributed by atoms with Gasteiger partial charge in [-0.3, -0.25) is 4.79 Å². The van der Waals surface area contributed by atoms with Crippen molar-refractivity contribution in [1.29, 1.82) is 0 Å². The lowest BCUT2D eigenvalue weighted by Crippen LogP contribution is -2.17. The third kappa shape index (κ3) is 7.01. The van der Waals surface area contributed by atoms with E-state index in [1.807, 2.05) is 68.4 Å². The Morgan fingerprint density at radius 2 is 1.43 bits per heavy atom. The van der Waals surface area contributed by atoms with E-state index in [0.717, 1.165) is 16.3 Å². The first-order valence-corrected chi connectivity index (χ1v) is 13.6. The summed E-state index contributed by atoms with van der Waals surface area (Å²) < 4.78 is 17.0. The number of rotatable bonds is 10. The van der Waals surface area contributed by atoms with Crippen LogP contribution in [0.3, 0.4) is 0 Å². The molecular weight excluding hydrogens is 528 g/mol. The van der Waals surface area contributed by atoms with Crippen LogP contribution in [0.2, 0.25) is 0 Å². The largest absolute Gasteiger partial charge is 0.494 e. The normalized spacial score (nSPS) is 10.9. The number of benzene rings is 5. The molecule has 5 rings (SSSR count). The van der Waals surface area contributed by atoms with Crippen molar-refractivity contribution in [3.63, 3.8) is 0 Å². The van der Waals surface area contributed by atoms with Crippen molar-refractivity contribution in [2.24, 2.45) is 5.10 Å². The van der Waals surface area contributed by atoms with Crippen molar-refractivity contribution in [3.05, 3.63) is 137 Å². The second-order valence-electron chi connectivity index (χ2n) is 9.54. The maximum absolute atomic E-state index is 12.9. The predicted octanol–water partition coefficient (Wildman–Crippen LogP) is 7.11. The molecule has 42 heavy (non-hydrogen) atoms. The summed E-state index contributed by atoms with van der Waals surface area (Å²) in [6.07, 6.45) is 1.49. The summed E-state index contributed by atoms with van der Waals surface area (Å²) in [6, 6.07) is 33.0. The number of carbonyl (C=O) groups excluding carboxylic acids is 2. The quantitative estimate of drug-likeness (QED) is 0.0855. The van der Waals surface area contributed by atoms with E-state index in [-0.39, 0.29) is 5.91 Å². The van der Waals surface area contributed by atoms with Crippen molar-refractivity contribution < 1.29 is 23.8 Å². The van der Waals surface area contributed by atoms with E-state index >= 15 is 0 Å². The van der Waals surface area contributed by atoms with Gasteiger partial charge in [-0.1, -0.05) is 60.2 Å². The van der Waals surface area contributed by atoms with Crippen molar-refractivity contribution in [3.8, 4) is 17.2 Å². The van der Waals surface area contributed by atoms with E-state index in [0.29, 0.717) is 47.2 Å². The SMILES string of the molecule is CCOc1ccc(C(=O)Oc2ccc3ccccc3c2/C=N/NC(=O)c2ccc(OCc3ccc(C)cc3)cc2)cc1. The lowest BCUT2D eigenvalue weighted by atomic mass is 10.0. The molecule has 0 spiro atoms. The van der Waals surface area contributed by atoms with Gasteiger partial charge in [-0.15, -0.1) is 0 Å². The van der Waals surface area contributed by atoms with Crippen LogP contribution in [0.15, 0.2) is 114 Å². The minimum absolute atomic E-state index is 0.320. The Labute approximate surface area is 244 Å². The number of hydrazone groups is 1. The summed E-state index contributed by atoms with van der Waals surface area (Å²) in [7, 11) is 0. The van der Waals surface area contributed by atoms with Gasteiger partial charge in [0.25, 0.3) is 5.91 Å². The molecule has 0 saturated heterocycles. The Morgan fingerprint density at radius 1 is 0.762 bits per heavy atom. The number of hydrogen-bond acceptors (Lipinski definition) is 6. The highest BCUT2D eigenvalue weighted by atomic mass is 16.5. The molecule has 0 radical (unpaired) electrons. The maximum atomic E-state index is 12.9. The van der Waals surface area contributed by atoms with Crippen LogP contribution in [0.4, 0.5) is 0 Å². The minimum atomic E-state index is -0.517. The molecule has 0 bridgehead atoms. The van der Waals surface area contributed by atoms with Crippen LogP contribution in [0.25, 0.3) is 10.8 Å². The summed E-state index contributed by atoms with van der Waals surface area (Å²) in [6.45, 7) is 4.91. The zero-order valence-electron chi connectivity index (χ0n) is 23.4. The number of nitrogens with one attached hydrogen (secondary N) is 1. The number of fused-ring (bicyclic) bond motifs is 1. The third-order valence-electron chi connectivity index (χ3n) is 6.54. The van der Waals surface area contributed by atoms with Crippen LogP contribution in [0.1, 0.15) is 44.3 Å². The fourth-order valence-electron chi connectivity index (χ4n) is 4.28. The molecular formula is C35H30N2O5. The number of nitrogens with zero attached hydrogens (tertiary/aromatic N) is 1. The fraction of sp³-hybridized carbons (Fsp3) is 0.114. The van der Waals surface area contributed by atoms with Gasteiger partial charge in [-0.25, -0.2) is 10.2 Å². The Kier molecular flexibility index (Phi) is 8.89. The Hall–Kier alpha value is -5.43. The van der Waals surface area contributed by atoms with Crippen molar-refractivity contribution in [1.82, 2.24) is 5.43 Å². The van der Waals surface area contributed by atoms with Crippen LogP contribution >= 0.6 is 0 Å². The monoisotopic (exact) mass is 558 g/mol. The van der Waals surface area contributed by atoms with Crippen LogP contribution < -0.4 is 19.6 Å². The molecule has 1 N–H and O–H groups in total. The van der Waals surface area contributed by atoms with Crippen LogP contribution in [0, 0.1) is 6.92 Å². The zero-order chi connectivity index (χ0) is 29.3. The summed E-state index contributed by atoms with van der Waals surface area (Å²) in [5.41, 5.74) is 6.19. The number of aryl methyl sites for hydroxylation is 1. The fourth-order valence-corrected chi connectivity index (χ4v) is 4.28. The molecule has 0 fully saturated rings. The first kappa shape index (κ1) is 28.1. The van der Waals surface area contributed by atoms with E-state index in [9.17, 15) is 9.59 Å². The maximum Gasteiger partial charge on any atom is 0.343 e. The Morgan fingerprint density at radius 3 is 2.14 bits per heavy atom. The van der Waals surface area contributed by atoms with Gasteiger partial charge in [0.2, 0.25) is 0 Å². The van der Waals surface area contributed by atoms with Crippen molar-refractivity contribution in [2.75, 3.05) is 6.61 Å². The standard InChI is InChI=1S/C35H30N2O5/c1-3-40-29-19-14-28(15-20-29)35(39)42-33-21-16-26-6-4-5-7-31(26)32(33)22-36-37-34(38)27-12-17-30(18-13-27)41-23-25-10-8-24(2)9-11-25/h4-22H,3,23H2,1-2H3,(H,37,38)/b36-22+. The van der Waals surface area contributed by atoms with E-state index in [4.69, 9.17) is 14.2 Å². The van der Waals surface area contributed by atoms with Gasteiger partial charge in [-0.05, 0) is 84.8 Å². The predicted molar refractivity (Wildman–Crippen MR) is 164 cm³/mol. The molecule has 0 aromatic heterocycles. The minimum Gasteiger partial charge on any atom is -0.494 e. The van der Waals surface area contributed by atoms with Crippen molar-refractivity contribution >= 4 is 28.9 Å². The molecule has 0 saturated carbocycles. The van der Waals surface area contributed by atoms with Crippen molar-refractivity contribution in [2.45, 2.75) is 20.5 Å². The summed E-state index contributed by atoms with van der Waals surface area (Å²) in [4.78, 5) is 25.7. The van der Waals surface area contributed by atoms with E-state index in [1.165, 1.54) is 11.8 Å². The summed E-state index contributed by atoms with van der Waals surface area (Å²) in [5, 5.41) is 5.94. The van der Waals surface area contributed by atoms with E-state index in [1.54, 1.807) is 54.6 Å². The highest BCUT2D eigenvalue weighted by Gasteiger charge is 2.14. The average Bonchev–Trinajstić information content (AvgIpc) is 3.02. The molecule has 0 atom stereocenters. The molecule has 1 amide bonds. The first-order chi connectivity index (χ1) is 20.5. The molecule has 0 aliphatic carbocycles. The summed E-state index contributed by atoms with van der Waals surface area (Å²) in [5.74, 6) is 0.750. The number of ether oxygens (including phenoxy) is 3. The lowest BCUT2D eigenvalue weighted by Gasteiger charge is -2.11. The topological polar surface area (TPSA) is 86.2 Å². The highest BCUT2D eigenvalue weighted by Crippen LogP contribution is 2.28. The molecule has 5 aromatic rings.